The van der Waals surface area contributed by atoms with Crippen LogP contribution in [0.5, 0.6) is 0 Å². The summed E-state index contributed by atoms with van der Waals surface area (Å²) in [5, 5.41) is 0. The van der Waals surface area contributed by atoms with Gasteiger partial charge >= 0.3 is 346 Å². The van der Waals surface area contributed by atoms with E-state index in [-0.39, 0.29) is 30.1 Å². The van der Waals surface area contributed by atoms with Gasteiger partial charge in [-0.2, -0.15) is 0 Å². The molecule has 0 aliphatic heterocycles. The molecule has 3 rings (SSSR count). The number of nitrogens with zero attached hydrogens (tertiary/aromatic N) is 5. The Bertz CT molecular complexity index is 1530. The van der Waals surface area contributed by atoms with E-state index in [1.165, 1.54) is 16.7 Å². The zero-order valence-electron chi connectivity index (χ0n) is 31.8. The summed E-state index contributed by atoms with van der Waals surface area (Å²) in [7, 11) is 16.1. The van der Waals surface area contributed by atoms with Gasteiger partial charge in [0.15, 0.2) is 0 Å². The first kappa shape index (κ1) is 46.0. The van der Waals surface area contributed by atoms with Gasteiger partial charge in [0.05, 0.1) is 0 Å². The van der Waals surface area contributed by atoms with Crippen molar-refractivity contribution < 1.29 is 14.4 Å². The Kier molecular flexibility index (Phi) is 22.8. The zero-order chi connectivity index (χ0) is 39.6. The molecule has 0 aliphatic carbocycles. The molecule has 0 spiro atoms. The number of thioether (sulfide) groups is 3. The van der Waals surface area contributed by atoms with E-state index in [1.807, 2.05) is 30.0 Å². The van der Waals surface area contributed by atoms with E-state index in [9.17, 15) is 14.4 Å². The van der Waals surface area contributed by atoms with Gasteiger partial charge in [-0.25, -0.2) is 0 Å². The molecule has 0 aliphatic rings. The third-order valence-electron chi connectivity index (χ3n) is 9.13. The van der Waals surface area contributed by atoms with E-state index in [1.54, 1.807) is 39.4 Å². The van der Waals surface area contributed by atoms with Crippen LogP contribution in [0.4, 0.5) is 0 Å². The van der Waals surface area contributed by atoms with Crippen molar-refractivity contribution in [1.29, 1.82) is 0 Å². The summed E-state index contributed by atoms with van der Waals surface area (Å²) < 4.78 is -0.445. The molecule has 8 nitrogen and oxygen atoms in total. The van der Waals surface area contributed by atoms with Gasteiger partial charge in [-0.1, -0.05) is 0 Å². The van der Waals surface area contributed by atoms with Gasteiger partial charge in [-0.05, 0) is 0 Å². The van der Waals surface area contributed by atoms with Crippen LogP contribution in [-0.4, -0.2) is 125 Å². The number of Topliss-reactive ketones (excluding diaryl/α,β-unsaturated/α-hetero) is 1. The fraction of sp³-hybridized carbons (Fsp3) is 0.439. The van der Waals surface area contributed by atoms with Crippen LogP contribution in [0.2, 0.25) is 0 Å². The van der Waals surface area contributed by atoms with Crippen LogP contribution in [-0.2, 0) is 19.1 Å². The van der Waals surface area contributed by atoms with E-state index in [4.69, 9.17) is 22.9 Å². The minimum atomic E-state index is -0.445. The Morgan fingerprint density at radius 3 is 1.67 bits per heavy atom. The van der Waals surface area contributed by atoms with Crippen LogP contribution in [0.15, 0.2) is 118 Å². The van der Waals surface area contributed by atoms with E-state index in [0.29, 0.717) is 88.0 Å². The maximum atomic E-state index is 13.6. The number of benzene rings is 3. The predicted octanol–water partition coefficient (Wildman–Crippen LogP) is 6.82. The molecule has 2 amide bonds. The van der Waals surface area contributed by atoms with Gasteiger partial charge in [-0.3, -0.25) is 0 Å². The van der Waals surface area contributed by atoms with Crippen molar-refractivity contribution in [1.82, 2.24) is 9.80 Å². The summed E-state index contributed by atoms with van der Waals surface area (Å²) in [6, 6.07) is 31.7. The zero-order valence-corrected chi connectivity index (χ0v) is 34.2. The van der Waals surface area contributed by atoms with Gasteiger partial charge in [0.25, 0.3) is 0 Å². The number of carbonyl (C=O) groups excluding carboxylic acids is 3. The first-order valence-corrected chi connectivity index (χ1v) is 22.0. The quantitative estimate of drug-likeness (QED) is 0.0319. The molecule has 0 saturated heterocycles. The van der Waals surface area contributed by atoms with E-state index in [2.05, 4.69) is 94.1 Å². The Morgan fingerprint density at radius 1 is 0.636 bits per heavy atom. The van der Waals surface area contributed by atoms with Crippen molar-refractivity contribution in [2.24, 2.45) is 20.6 Å². The van der Waals surface area contributed by atoms with E-state index < -0.39 is 4.75 Å². The Labute approximate surface area is 344 Å². The van der Waals surface area contributed by atoms with Crippen molar-refractivity contribution in [3.8, 4) is 0 Å². The fourth-order valence-corrected chi connectivity index (χ4v) is 9.65. The third-order valence-corrected chi connectivity index (χ3v) is 12.6. The summed E-state index contributed by atoms with van der Waals surface area (Å²) in [4.78, 5) is 53.3. The molecule has 1 unspecified atom stereocenters. The molecule has 0 fully saturated rings. The second-order valence-corrected chi connectivity index (χ2v) is 16.5. The predicted molar refractivity (Wildman–Crippen MR) is 236 cm³/mol. The van der Waals surface area contributed by atoms with Crippen LogP contribution < -0.4 is 0 Å². The van der Waals surface area contributed by atoms with Crippen molar-refractivity contribution in [2.75, 3.05) is 74.6 Å². The standard InChI is InChI=1S/C41H51B3N5O3S3/c1-2-24-48(40(52)33-47-44)26-31-54-29-21-39(51)49(25-23-46-43)27-32-53-28-20-38(50)34(18-22-45-42)19-30-55-41(35-12-6-3-7-13-35,36-14-8-4-9-15-36)37-16-10-5-11-17-37/h2-17,34H,1,18-33H2. The monoisotopic (exact) mass is 790 g/mol. The Morgan fingerprint density at radius 2 is 1.16 bits per heavy atom. The molecule has 0 saturated carbocycles. The number of hydrogen-bond donors (Lipinski definition) is 0. The van der Waals surface area contributed by atoms with Crippen molar-refractivity contribution in [2.45, 2.75) is 30.4 Å². The number of rotatable bonds is 30. The molecule has 0 aromatic heterocycles. The molecular formula is C41H51B3N5O3S3. The van der Waals surface area contributed by atoms with Crippen LogP contribution >= 0.6 is 35.3 Å². The molecule has 3 radical (unpaired) electrons. The fourth-order valence-electron chi connectivity index (χ4n) is 6.26. The van der Waals surface area contributed by atoms with Gasteiger partial charge in [0, 0.05) is 0 Å². The first-order chi connectivity index (χ1) is 26.9. The van der Waals surface area contributed by atoms with Crippen molar-refractivity contribution in [3.63, 3.8) is 0 Å². The summed E-state index contributed by atoms with van der Waals surface area (Å²) in [6.07, 6.45) is 3.82. The molecule has 0 bridgehead atoms. The topological polar surface area (TPSA) is 94.8 Å². The second kappa shape index (κ2) is 27.3. The van der Waals surface area contributed by atoms with Crippen molar-refractivity contribution in [3.05, 3.63) is 120 Å². The van der Waals surface area contributed by atoms with Crippen LogP contribution in [0.3, 0.4) is 0 Å². The molecular weight excluding hydrogens is 739 g/mol. The second-order valence-electron chi connectivity index (χ2n) is 12.8. The molecule has 1 atom stereocenters. The summed E-state index contributed by atoms with van der Waals surface area (Å²) in [5.74, 6) is 3.41. The van der Waals surface area contributed by atoms with E-state index >= 15 is 0 Å². The molecule has 0 N–H and O–H groups in total. The van der Waals surface area contributed by atoms with Gasteiger partial charge < -0.3 is 0 Å². The number of carbonyl (C=O) groups is 3. The average Bonchev–Trinajstić information content (AvgIpc) is 3.22. The molecule has 0 heterocycles. The third kappa shape index (κ3) is 15.6. The molecule has 14 heteroatoms. The number of amides is 2. The Balaban J connectivity index is 1.53. The summed E-state index contributed by atoms with van der Waals surface area (Å²) >= 11 is 5.15. The summed E-state index contributed by atoms with van der Waals surface area (Å²) in [5.41, 5.74) is 3.58. The van der Waals surface area contributed by atoms with Gasteiger partial charge in [0.1, 0.15) is 0 Å². The Hall–Kier alpha value is -3.35. The van der Waals surface area contributed by atoms with Crippen LogP contribution in [0, 0.1) is 5.92 Å². The molecule has 285 valence electrons. The summed E-state index contributed by atoms with van der Waals surface area (Å²) in [6.45, 7) is 6.39. The molecule has 3 aromatic carbocycles. The number of hydrogen-bond acceptors (Lipinski definition) is 9. The SMILES string of the molecule is [B]=NCCC(CCSC(c1ccccc1)(c1ccccc1)c1ccccc1)C(=O)CCSCCN(CCN=[B])C(=O)CCSCCN(CC=C)C(=O)CN=[B]. The van der Waals surface area contributed by atoms with Gasteiger partial charge in [0.2, 0.25) is 0 Å². The average molecular weight is 791 g/mol. The molecule has 3 aromatic rings. The minimum absolute atomic E-state index is 0.0365. The van der Waals surface area contributed by atoms with E-state index in [0.717, 1.165) is 5.75 Å². The molecule has 55 heavy (non-hydrogen) atoms. The first-order valence-electron chi connectivity index (χ1n) is 18.7. The van der Waals surface area contributed by atoms with Crippen LogP contribution in [0.1, 0.15) is 42.4 Å². The normalized spacial score (nSPS) is 11.6. The van der Waals surface area contributed by atoms with Crippen LogP contribution in [0.25, 0.3) is 0 Å². The maximum absolute atomic E-state index is 13.6. The van der Waals surface area contributed by atoms with Crippen molar-refractivity contribution >= 4 is 75.8 Å². The van der Waals surface area contributed by atoms with Gasteiger partial charge in [-0.15, -0.1) is 0 Å². The number of ketones is 1.